The lowest BCUT2D eigenvalue weighted by molar-refractivity contribution is -0.116. The molecule has 7 rings (SSSR count). The summed E-state index contributed by atoms with van der Waals surface area (Å²) in [5.74, 6) is 0.197. The van der Waals surface area contributed by atoms with E-state index in [9.17, 15) is 28.2 Å². The van der Waals surface area contributed by atoms with Crippen molar-refractivity contribution in [2.24, 2.45) is 0 Å². The zero-order valence-electron chi connectivity index (χ0n) is 33.6. The number of fused-ring (bicyclic) bond motifs is 1. The molecule has 5 aromatic rings. The first-order valence-corrected chi connectivity index (χ1v) is 22.2. The molecule has 1 aromatic heterocycles. The minimum Gasteiger partial charge on any atom is -0.506 e. The Balaban J connectivity index is 0.825. The number of aliphatic hydroxyl groups excluding tert-OH is 1. The Morgan fingerprint density at radius 2 is 1.64 bits per heavy atom. The van der Waals surface area contributed by atoms with E-state index >= 15 is 0 Å². The first kappa shape index (κ1) is 42.1. The summed E-state index contributed by atoms with van der Waals surface area (Å²) < 4.78 is 33.1. The number of sulfone groups is 1. The van der Waals surface area contributed by atoms with Crippen LogP contribution >= 0.6 is 0 Å². The third-order valence-corrected chi connectivity index (χ3v) is 13.5. The highest BCUT2D eigenvalue weighted by molar-refractivity contribution is 7.91. The molecule has 59 heavy (non-hydrogen) atoms. The standard InChI is InChI=1S/C46H55N5O7S/c1-32(50-24-26-51(27-25-50)36-7-3-2-4-8-36)34-14-18-38(19-15-34)59(56,57)39-10-5-9-37(29-39)58-28-6-11-44(54)48-35-16-12-33(13-17-35)30-47-31-43(53)40-20-22-42(52)46-41(40)21-23-45(55)49-46/h5,9-10,12-23,29,32,36,43,47,52-53H,2-4,6-8,11,24-28,30-31H2,1H3,(H,48,54)(H,49,55)/t32-,43-/m0/s1. The second kappa shape index (κ2) is 19.3. The van der Waals surface area contributed by atoms with Gasteiger partial charge in [-0.25, -0.2) is 8.42 Å². The number of rotatable bonds is 16. The molecule has 2 fully saturated rings. The summed E-state index contributed by atoms with van der Waals surface area (Å²) >= 11 is 0. The Kier molecular flexibility index (Phi) is 13.8. The summed E-state index contributed by atoms with van der Waals surface area (Å²) in [4.78, 5) is 32.5. The molecule has 0 spiro atoms. The number of nitrogens with zero attached hydrogens (tertiary/aromatic N) is 2. The maximum atomic E-state index is 13.6. The second-order valence-electron chi connectivity index (χ2n) is 15.7. The maximum absolute atomic E-state index is 13.6. The van der Waals surface area contributed by atoms with Gasteiger partial charge in [0.2, 0.25) is 21.3 Å². The average Bonchev–Trinajstić information content (AvgIpc) is 3.26. The molecule has 2 heterocycles. The SMILES string of the molecule is C[C@@H](c1ccc(S(=O)(=O)c2cccc(OCCCC(=O)Nc3ccc(CNC[C@H](O)c4ccc(O)c5[nH]c(=O)ccc45)cc3)c2)cc1)N1CCN(C2CCCCC2)CC1. The van der Waals surface area contributed by atoms with E-state index in [0.29, 0.717) is 35.4 Å². The van der Waals surface area contributed by atoms with E-state index in [0.717, 1.165) is 43.3 Å². The number of phenolic OH excluding ortho intramolecular Hbond substituents is 1. The quantitative estimate of drug-likeness (QED) is 0.0677. The predicted molar refractivity (Wildman–Crippen MR) is 229 cm³/mol. The molecule has 5 N–H and O–H groups in total. The van der Waals surface area contributed by atoms with Crippen molar-refractivity contribution in [3.63, 3.8) is 0 Å². The van der Waals surface area contributed by atoms with Gasteiger partial charge in [0.25, 0.3) is 0 Å². The topological polar surface area (TPSA) is 164 Å². The molecule has 1 saturated heterocycles. The third-order valence-electron chi connectivity index (χ3n) is 11.8. The van der Waals surface area contributed by atoms with Crippen LogP contribution < -0.4 is 20.9 Å². The molecular weight excluding hydrogens is 767 g/mol. The first-order chi connectivity index (χ1) is 28.5. The number of piperazine rings is 1. The Labute approximate surface area is 346 Å². The summed E-state index contributed by atoms with van der Waals surface area (Å²) in [6.07, 6.45) is 6.50. The molecule has 1 aliphatic carbocycles. The number of carbonyl (C=O) groups is 1. The molecule has 312 valence electrons. The van der Waals surface area contributed by atoms with Gasteiger partial charge in [-0.3, -0.25) is 19.4 Å². The Morgan fingerprint density at radius 3 is 2.39 bits per heavy atom. The minimum atomic E-state index is -3.76. The van der Waals surface area contributed by atoms with E-state index in [1.165, 1.54) is 50.3 Å². The minimum absolute atomic E-state index is 0.0613. The lowest BCUT2D eigenvalue weighted by atomic mass is 9.93. The van der Waals surface area contributed by atoms with Crippen molar-refractivity contribution < 1.29 is 28.2 Å². The molecule has 13 heteroatoms. The molecule has 0 bridgehead atoms. The summed E-state index contributed by atoms with van der Waals surface area (Å²) in [7, 11) is -3.76. The molecule has 2 atom stereocenters. The van der Waals surface area contributed by atoms with Gasteiger partial charge in [-0.2, -0.15) is 0 Å². The number of benzene rings is 4. The fourth-order valence-electron chi connectivity index (χ4n) is 8.30. The van der Waals surface area contributed by atoms with Crippen LogP contribution in [0.4, 0.5) is 5.69 Å². The van der Waals surface area contributed by atoms with E-state index in [4.69, 9.17) is 4.74 Å². The van der Waals surface area contributed by atoms with Crippen molar-refractivity contribution in [1.82, 2.24) is 20.1 Å². The zero-order valence-corrected chi connectivity index (χ0v) is 34.4. The van der Waals surface area contributed by atoms with E-state index < -0.39 is 15.9 Å². The number of pyridine rings is 1. The number of ether oxygens (including phenoxy) is 1. The van der Waals surface area contributed by atoms with E-state index in [1.54, 1.807) is 42.5 Å². The Morgan fingerprint density at radius 1 is 0.898 bits per heavy atom. The van der Waals surface area contributed by atoms with E-state index in [-0.39, 0.29) is 58.1 Å². The number of aromatic nitrogens is 1. The van der Waals surface area contributed by atoms with Crippen LogP contribution in [0.25, 0.3) is 10.9 Å². The summed E-state index contributed by atoms with van der Waals surface area (Å²) in [5.41, 5.74) is 3.24. The second-order valence-corrected chi connectivity index (χ2v) is 17.7. The number of anilines is 1. The highest BCUT2D eigenvalue weighted by Gasteiger charge is 2.28. The van der Waals surface area contributed by atoms with Gasteiger partial charge in [0.1, 0.15) is 11.5 Å². The number of aliphatic hydroxyl groups is 1. The number of aromatic hydroxyl groups is 1. The van der Waals surface area contributed by atoms with Gasteiger partial charge in [-0.15, -0.1) is 0 Å². The van der Waals surface area contributed by atoms with Crippen LogP contribution in [0.5, 0.6) is 11.5 Å². The fourth-order valence-corrected chi connectivity index (χ4v) is 9.60. The number of phenols is 1. The molecule has 4 aromatic carbocycles. The van der Waals surface area contributed by atoms with Crippen molar-refractivity contribution in [2.75, 3.05) is 44.6 Å². The van der Waals surface area contributed by atoms with Crippen molar-refractivity contribution in [2.45, 2.75) is 86.4 Å². The van der Waals surface area contributed by atoms with Crippen LogP contribution in [-0.4, -0.2) is 84.7 Å². The number of aromatic amines is 1. The van der Waals surface area contributed by atoms with Crippen LogP contribution in [0.1, 0.15) is 80.7 Å². The summed E-state index contributed by atoms with van der Waals surface area (Å²) in [5, 5.41) is 27.6. The first-order valence-electron chi connectivity index (χ1n) is 20.7. The predicted octanol–water partition coefficient (Wildman–Crippen LogP) is 6.70. The molecule has 0 unspecified atom stereocenters. The van der Waals surface area contributed by atoms with Gasteiger partial charge in [0.05, 0.1) is 28.0 Å². The van der Waals surface area contributed by atoms with Crippen LogP contribution in [0, 0.1) is 0 Å². The molecule has 1 aliphatic heterocycles. The lowest BCUT2D eigenvalue weighted by Gasteiger charge is -2.42. The number of nitrogens with one attached hydrogen (secondary N) is 3. The number of hydrogen-bond acceptors (Lipinski definition) is 10. The van der Waals surface area contributed by atoms with E-state index in [1.807, 2.05) is 36.4 Å². The average molecular weight is 822 g/mol. The van der Waals surface area contributed by atoms with Crippen LogP contribution in [-0.2, 0) is 21.2 Å². The smallest absolute Gasteiger partial charge is 0.248 e. The largest absolute Gasteiger partial charge is 0.506 e. The van der Waals surface area contributed by atoms with Crippen LogP contribution in [0.3, 0.4) is 0 Å². The number of H-pyrrole nitrogens is 1. The van der Waals surface area contributed by atoms with Gasteiger partial charge in [-0.05, 0) is 97.5 Å². The fraction of sp³-hybridized carbons (Fsp3) is 0.391. The maximum Gasteiger partial charge on any atom is 0.248 e. The molecule has 1 amide bonds. The normalized spacial score (nSPS) is 16.8. The number of amides is 1. The molecule has 0 radical (unpaired) electrons. The monoisotopic (exact) mass is 821 g/mol. The van der Waals surface area contributed by atoms with Gasteiger partial charge in [0.15, 0.2) is 0 Å². The highest BCUT2D eigenvalue weighted by atomic mass is 32.2. The van der Waals surface area contributed by atoms with Gasteiger partial charge in [0, 0.05) is 74.9 Å². The van der Waals surface area contributed by atoms with Gasteiger partial charge < -0.3 is 30.6 Å². The number of carbonyl (C=O) groups excluding carboxylic acids is 1. The third kappa shape index (κ3) is 10.6. The molecular formula is C46H55N5O7S. The highest BCUT2D eigenvalue weighted by Crippen LogP contribution is 2.31. The zero-order chi connectivity index (χ0) is 41.4. The van der Waals surface area contributed by atoms with Crippen LogP contribution in [0.2, 0.25) is 0 Å². The lowest BCUT2D eigenvalue weighted by Crippen LogP contribution is -2.51. The van der Waals surface area contributed by atoms with Crippen molar-refractivity contribution in [3.8, 4) is 11.5 Å². The van der Waals surface area contributed by atoms with Crippen molar-refractivity contribution in [3.05, 3.63) is 124 Å². The Bertz CT molecular complexity index is 2350. The molecule has 12 nitrogen and oxygen atoms in total. The van der Waals surface area contributed by atoms with Gasteiger partial charge >= 0.3 is 0 Å². The summed E-state index contributed by atoms with van der Waals surface area (Å²) in [6.45, 7) is 7.38. The van der Waals surface area contributed by atoms with Gasteiger partial charge in [-0.1, -0.05) is 55.7 Å². The van der Waals surface area contributed by atoms with Crippen molar-refractivity contribution >= 4 is 32.3 Å². The van der Waals surface area contributed by atoms with E-state index in [2.05, 4.69) is 32.3 Å². The Hall–Kier alpha value is -5.05. The summed E-state index contributed by atoms with van der Waals surface area (Å²) in [6, 6.07) is 28.1. The van der Waals surface area contributed by atoms with Crippen molar-refractivity contribution in [1.29, 1.82) is 0 Å². The molecule has 1 saturated carbocycles. The number of hydrogen-bond donors (Lipinski definition) is 5. The van der Waals surface area contributed by atoms with Crippen LogP contribution in [0.15, 0.2) is 112 Å². The molecule has 2 aliphatic rings.